The van der Waals surface area contributed by atoms with Gasteiger partial charge in [0.25, 0.3) is 0 Å². The molecule has 21 heavy (non-hydrogen) atoms. The lowest BCUT2D eigenvalue weighted by atomic mass is 9.96. The Balaban J connectivity index is 2.10. The predicted octanol–water partition coefficient (Wildman–Crippen LogP) is 6.26. The van der Waals surface area contributed by atoms with Crippen molar-refractivity contribution < 1.29 is 0 Å². The molecule has 100 valence electrons. The second kappa shape index (κ2) is 5.15. The fourth-order valence-electron chi connectivity index (χ4n) is 2.88. The van der Waals surface area contributed by atoms with Crippen molar-refractivity contribution in [1.82, 2.24) is 0 Å². The molecule has 4 aromatic rings. The normalized spacial score (nSPS) is 11.1. The van der Waals surface area contributed by atoms with Gasteiger partial charge >= 0.3 is 0 Å². The lowest BCUT2D eigenvalue weighted by Gasteiger charge is -2.10. The van der Waals surface area contributed by atoms with Crippen molar-refractivity contribution in [3.63, 3.8) is 0 Å². The van der Waals surface area contributed by atoms with Crippen LogP contribution < -0.4 is 0 Å². The number of hydrogen-bond acceptors (Lipinski definition) is 0. The summed E-state index contributed by atoms with van der Waals surface area (Å²) in [5.74, 6) is 0. The van der Waals surface area contributed by atoms with E-state index < -0.39 is 0 Å². The zero-order chi connectivity index (χ0) is 14.2. The minimum absolute atomic E-state index is 1.29. The highest BCUT2D eigenvalue weighted by molar-refractivity contribution is 14.1. The van der Waals surface area contributed by atoms with Crippen LogP contribution in [0.15, 0.2) is 78.9 Å². The van der Waals surface area contributed by atoms with Crippen LogP contribution in [0, 0.1) is 3.57 Å². The van der Waals surface area contributed by atoms with Crippen molar-refractivity contribution in [3.8, 4) is 11.1 Å². The molecule has 0 unspecified atom stereocenters. The van der Waals surface area contributed by atoms with E-state index in [4.69, 9.17) is 0 Å². The highest BCUT2D eigenvalue weighted by Crippen LogP contribution is 2.33. The molecule has 0 saturated carbocycles. The molecule has 0 nitrogen and oxygen atoms in total. The molecule has 0 aromatic heterocycles. The fourth-order valence-corrected chi connectivity index (χ4v) is 3.56. The van der Waals surface area contributed by atoms with E-state index in [-0.39, 0.29) is 0 Å². The maximum atomic E-state index is 2.41. The van der Waals surface area contributed by atoms with Crippen LogP contribution in [0.4, 0.5) is 0 Å². The quantitative estimate of drug-likeness (QED) is 0.270. The topological polar surface area (TPSA) is 0 Å². The van der Waals surface area contributed by atoms with Crippen molar-refractivity contribution in [2.24, 2.45) is 0 Å². The molecular formula is C20H13I. The average Bonchev–Trinajstić information content (AvgIpc) is 2.53. The van der Waals surface area contributed by atoms with Gasteiger partial charge in [0.1, 0.15) is 0 Å². The van der Waals surface area contributed by atoms with E-state index in [1.54, 1.807) is 0 Å². The molecule has 0 aliphatic heterocycles. The molecule has 4 aromatic carbocycles. The van der Waals surface area contributed by atoms with Gasteiger partial charge in [0.15, 0.2) is 0 Å². The summed E-state index contributed by atoms with van der Waals surface area (Å²) >= 11 is 2.41. The van der Waals surface area contributed by atoms with Crippen LogP contribution in [0.2, 0.25) is 0 Å². The third-order valence-electron chi connectivity index (χ3n) is 3.91. The number of hydrogen-bond donors (Lipinski definition) is 0. The van der Waals surface area contributed by atoms with Crippen molar-refractivity contribution in [1.29, 1.82) is 0 Å². The van der Waals surface area contributed by atoms with E-state index in [1.807, 2.05) is 0 Å². The third kappa shape index (κ3) is 2.22. The SMILES string of the molecule is Ic1ccccc1-c1cccc2cc3ccccc3cc12. The standard InChI is InChI=1S/C20H13I/c21-20-11-4-3-9-18(20)17-10-5-8-16-12-14-6-1-2-7-15(14)13-19(16)17/h1-13H. The summed E-state index contributed by atoms with van der Waals surface area (Å²) in [6.07, 6.45) is 0. The highest BCUT2D eigenvalue weighted by Gasteiger charge is 2.07. The lowest BCUT2D eigenvalue weighted by Crippen LogP contribution is -1.85. The number of halogens is 1. The largest absolute Gasteiger partial charge is 0.0616 e. The van der Waals surface area contributed by atoms with Gasteiger partial charge in [0.05, 0.1) is 0 Å². The molecule has 0 heterocycles. The fraction of sp³-hybridized carbons (Fsp3) is 0. The van der Waals surface area contributed by atoms with E-state index in [1.165, 1.54) is 36.2 Å². The van der Waals surface area contributed by atoms with Gasteiger partial charge in [0.2, 0.25) is 0 Å². The van der Waals surface area contributed by atoms with Crippen molar-refractivity contribution in [2.45, 2.75) is 0 Å². The summed E-state index contributed by atoms with van der Waals surface area (Å²) in [6.45, 7) is 0. The van der Waals surface area contributed by atoms with Gasteiger partial charge < -0.3 is 0 Å². The molecule has 1 heteroatoms. The minimum Gasteiger partial charge on any atom is -0.0616 e. The molecule has 0 radical (unpaired) electrons. The maximum absolute atomic E-state index is 2.41. The van der Waals surface area contributed by atoms with Gasteiger partial charge in [-0.05, 0) is 73.5 Å². The zero-order valence-electron chi connectivity index (χ0n) is 11.4. The molecule has 0 aliphatic carbocycles. The van der Waals surface area contributed by atoms with Gasteiger partial charge in [-0.15, -0.1) is 0 Å². The molecule has 0 N–H and O–H groups in total. The van der Waals surface area contributed by atoms with E-state index in [9.17, 15) is 0 Å². The molecule has 0 amide bonds. The minimum atomic E-state index is 1.29. The van der Waals surface area contributed by atoms with Gasteiger partial charge in [-0.1, -0.05) is 60.7 Å². The summed E-state index contributed by atoms with van der Waals surface area (Å²) < 4.78 is 1.29. The molecular weight excluding hydrogens is 367 g/mol. The van der Waals surface area contributed by atoms with Gasteiger partial charge in [0, 0.05) is 3.57 Å². The summed E-state index contributed by atoms with van der Waals surface area (Å²) in [6, 6.07) is 28.3. The van der Waals surface area contributed by atoms with Gasteiger partial charge in [-0.25, -0.2) is 0 Å². The summed E-state index contributed by atoms with van der Waals surface area (Å²) in [4.78, 5) is 0. The average molecular weight is 380 g/mol. The maximum Gasteiger partial charge on any atom is 0.0209 e. The Morgan fingerprint density at radius 1 is 0.524 bits per heavy atom. The molecule has 0 atom stereocenters. The van der Waals surface area contributed by atoms with E-state index >= 15 is 0 Å². The smallest absolute Gasteiger partial charge is 0.0209 e. The first-order valence-corrected chi connectivity index (χ1v) is 8.07. The molecule has 0 aliphatic rings. The summed E-state index contributed by atoms with van der Waals surface area (Å²) in [7, 11) is 0. The first kappa shape index (κ1) is 12.8. The van der Waals surface area contributed by atoms with Gasteiger partial charge in [-0.3, -0.25) is 0 Å². The summed E-state index contributed by atoms with van der Waals surface area (Å²) in [5.41, 5.74) is 2.61. The monoisotopic (exact) mass is 380 g/mol. The first-order chi connectivity index (χ1) is 10.3. The van der Waals surface area contributed by atoms with Crippen LogP contribution in [-0.4, -0.2) is 0 Å². The van der Waals surface area contributed by atoms with E-state index in [0.29, 0.717) is 0 Å². The number of fused-ring (bicyclic) bond motifs is 2. The van der Waals surface area contributed by atoms with Gasteiger partial charge in [-0.2, -0.15) is 0 Å². The molecule has 0 spiro atoms. The summed E-state index contributed by atoms with van der Waals surface area (Å²) in [5, 5.41) is 5.21. The van der Waals surface area contributed by atoms with Crippen LogP contribution in [0.1, 0.15) is 0 Å². The second-order valence-electron chi connectivity index (χ2n) is 5.21. The Bertz CT molecular complexity index is 954. The Morgan fingerprint density at radius 3 is 1.95 bits per heavy atom. The number of rotatable bonds is 1. The molecule has 0 bridgehead atoms. The highest BCUT2D eigenvalue weighted by atomic mass is 127. The number of benzene rings is 4. The Kier molecular flexibility index (Phi) is 3.15. The third-order valence-corrected chi connectivity index (χ3v) is 4.85. The van der Waals surface area contributed by atoms with E-state index in [2.05, 4.69) is 101 Å². The van der Waals surface area contributed by atoms with Crippen LogP contribution in [-0.2, 0) is 0 Å². The zero-order valence-corrected chi connectivity index (χ0v) is 13.5. The van der Waals surface area contributed by atoms with Crippen molar-refractivity contribution >= 4 is 44.1 Å². The predicted molar refractivity (Wildman–Crippen MR) is 99.6 cm³/mol. The van der Waals surface area contributed by atoms with Crippen LogP contribution in [0.25, 0.3) is 32.7 Å². The molecule has 0 saturated heterocycles. The van der Waals surface area contributed by atoms with E-state index in [0.717, 1.165) is 0 Å². The van der Waals surface area contributed by atoms with Crippen LogP contribution in [0.3, 0.4) is 0 Å². The molecule has 0 fully saturated rings. The van der Waals surface area contributed by atoms with Crippen LogP contribution in [0.5, 0.6) is 0 Å². The Labute approximate surface area is 137 Å². The first-order valence-electron chi connectivity index (χ1n) is 6.99. The van der Waals surface area contributed by atoms with Crippen molar-refractivity contribution in [3.05, 3.63) is 82.4 Å². The second-order valence-corrected chi connectivity index (χ2v) is 6.37. The van der Waals surface area contributed by atoms with Crippen molar-refractivity contribution in [2.75, 3.05) is 0 Å². The van der Waals surface area contributed by atoms with Crippen LogP contribution >= 0.6 is 22.6 Å². The lowest BCUT2D eigenvalue weighted by molar-refractivity contribution is 1.61. The Morgan fingerprint density at radius 2 is 1.14 bits per heavy atom. The Hall–Kier alpha value is -1.87. The molecule has 4 rings (SSSR count).